The largest absolute Gasteiger partial charge is 0.391 e. The quantitative estimate of drug-likeness (QED) is 0.372. The molecule has 0 aromatic rings. The zero-order valence-corrected chi connectivity index (χ0v) is 16.4. The van der Waals surface area contributed by atoms with Crippen LogP contribution in [-0.2, 0) is 18.9 Å². The molecule has 0 heterocycles. The molecule has 25 heavy (non-hydrogen) atoms. The molecular weight excluding hydrogens is 328 g/mol. The summed E-state index contributed by atoms with van der Waals surface area (Å²) in [7, 11) is 0. The Morgan fingerprint density at radius 1 is 0.560 bits per heavy atom. The summed E-state index contributed by atoms with van der Waals surface area (Å²) < 4.78 is 22.7. The lowest BCUT2D eigenvalue weighted by Crippen LogP contribution is -2.43. The monoisotopic (exact) mass is 366 g/mol. The van der Waals surface area contributed by atoms with Gasteiger partial charge in [-0.15, -0.1) is 0 Å². The second-order valence-corrected chi connectivity index (χ2v) is 7.50. The molecule has 0 rings (SSSR count). The molecule has 0 radical (unpaired) electrons. The molecule has 0 saturated heterocycles. The van der Waals surface area contributed by atoms with E-state index in [-0.39, 0.29) is 39.6 Å². The van der Waals surface area contributed by atoms with Gasteiger partial charge < -0.3 is 34.3 Å². The Labute approximate surface area is 152 Å². The first-order chi connectivity index (χ1) is 11.7. The van der Waals surface area contributed by atoms with E-state index >= 15 is 0 Å². The Morgan fingerprint density at radius 2 is 0.840 bits per heavy atom. The highest BCUT2D eigenvalue weighted by Gasteiger charge is 2.33. The van der Waals surface area contributed by atoms with Gasteiger partial charge in [0.1, 0.15) is 0 Å². The average molecular weight is 366 g/mol. The SMILES string of the molecule is CC(C)COCC(COCC(C)O)(COCC(C)O)COCC(C)O. The Kier molecular flexibility index (Phi) is 13.7. The Bertz CT molecular complexity index is 244. The molecule has 0 aromatic heterocycles. The van der Waals surface area contributed by atoms with Gasteiger partial charge in [0.15, 0.2) is 0 Å². The lowest BCUT2D eigenvalue weighted by Gasteiger charge is -2.33. The van der Waals surface area contributed by atoms with E-state index in [0.29, 0.717) is 19.1 Å². The molecule has 3 atom stereocenters. The predicted octanol–water partition coefficient (Wildman–Crippen LogP) is 0.838. The topological polar surface area (TPSA) is 97.6 Å². The third kappa shape index (κ3) is 14.6. The van der Waals surface area contributed by atoms with Gasteiger partial charge in [0, 0.05) is 6.61 Å². The highest BCUT2D eigenvalue weighted by Crippen LogP contribution is 2.21. The molecule has 0 spiro atoms. The summed E-state index contributed by atoms with van der Waals surface area (Å²) in [5.41, 5.74) is -0.576. The lowest BCUT2D eigenvalue weighted by molar-refractivity contribution is -0.126. The van der Waals surface area contributed by atoms with Gasteiger partial charge in [-0.1, -0.05) is 13.8 Å². The fourth-order valence-corrected chi connectivity index (χ4v) is 2.10. The van der Waals surface area contributed by atoms with E-state index in [2.05, 4.69) is 13.8 Å². The average Bonchev–Trinajstić information content (AvgIpc) is 2.45. The van der Waals surface area contributed by atoms with Crippen LogP contribution in [0, 0.1) is 11.3 Å². The van der Waals surface area contributed by atoms with Gasteiger partial charge >= 0.3 is 0 Å². The van der Waals surface area contributed by atoms with Crippen LogP contribution in [0.25, 0.3) is 0 Å². The molecule has 0 saturated carbocycles. The summed E-state index contributed by atoms with van der Waals surface area (Å²) in [6.45, 7) is 11.6. The van der Waals surface area contributed by atoms with Crippen molar-refractivity contribution >= 4 is 0 Å². The van der Waals surface area contributed by atoms with E-state index in [1.165, 1.54) is 0 Å². The minimum Gasteiger partial charge on any atom is -0.391 e. The van der Waals surface area contributed by atoms with Crippen molar-refractivity contribution in [2.24, 2.45) is 11.3 Å². The second-order valence-electron chi connectivity index (χ2n) is 7.50. The molecule has 0 bridgehead atoms. The molecule has 152 valence electrons. The molecule has 0 aliphatic rings. The predicted molar refractivity (Wildman–Crippen MR) is 95.6 cm³/mol. The molecule has 3 N–H and O–H groups in total. The van der Waals surface area contributed by atoms with Crippen LogP contribution in [0.4, 0.5) is 0 Å². The number of hydrogen-bond acceptors (Lipinski definition) is 7. The van der Waals surface area contributed by atoms with Crippen molar-refractivity contribution in [3.8, 4) is 0 Å². The molecule has 0 amide bonds. The lowest BCUT2D eigenvalue weighted by atomic mass is 9.92. The van der Waals surface area contributed by atoms with Crippen LogP contribution >= 0.6 is 0 Å². The Balaban J connectivity index is 4.85. The summed E-state index contributed by atoms with van der Waals surface area (Å²) in [4.78, 5) is 0. The van der Waals surface area contributed by atoms with Gasteiger partial charge in [0.05, 0.1) is 70.0 Å². The number of hydrogen-bond donors (Lipinski definition) is 3. The van der Waals surface area contributed by atoms with Crippen LogP contribution in [0.5, 0.6) is 0 Å². The second kappa shape index (κ2) is 13.9. The Morgan fingerprint density at radius 3 is 1.08 bits per heavy atom. The maximum atomic E-state index is 9.41. The van der Waals surface area contributed by atoms with Gasteiger partial charge in [-0.3, -0.25) is 0 Å². The normalized spacial score (nSPS) is 18.1. The van der Waals surface area contributed by atoms with Crippen molar-refractivity contribution in [1.29, 1.82) is 0 Å². The van der Waals surface area contributed by atoms with Crippen LogP contribution in [0.15, 0.2) is 0 Å². The molecule has 0 aromatic carbocycles. The van der Waals surface area contributed by atoms with Crippen LogP contribution in [0.3, 0.4) is 0 Å². The van der Waals surface area contributed by atoms with Crippen molar-refractivity contribution in [2.45, 2.75) is 52.9 Å². The molecular formula is C18H38O7. The van der Waals surface area contributed by atoms with E-state index in [1.54, 1.807) is 20.8 Å². The van der Waals surface area contributed by atoms with Gasteiger partial charge in [-0.2, -0.15) is 0 Å². The fraction of sp³-hybridized carbons (Fsp3) is 1.00. The smallest absolute Gasteiger partial charge is 0.0745 e. The van der Waals surface area contributed by atoms with Crippen molar-refractivity contribution in [2.75, 3.05) is 52.9 Å². The molecule has 0 fully saturated rings. The number of aliphatic hydroxyl groups excluding tert-OH is 3. The van der Waals surface area contributed by atoms with Crippen molar-refractivity contribution in [1.82, 2.24) is 0 Å². The van der Waals surface area contributed by atoms with Crippen LogP contribution < -0.4 is 0 Å². The summed E-state index contributed by atoms with van der Waals surface area (Å²) in [6, 6.07) is 0. The number of ether oxygens (including phenoxy) is 4. The van der Waals surface area contributed by atoms with Gasteiger partial charge in [-0.05, 0) is 26.7 Å². The van der Waals surface area contributed by atoms with Crippen molar-refractivity contribution < 1.29 is 34.3 Å². The van der Waals surface area contributed by atoms with E-state index < -0.39 is 23.7 Å². The maximum Gasteiger partial charge on any atom is 0.0745 e. The summed E-state index contributed by atoms with van der Waals surface area (Å²) in [5, 5.41) is 28.2. The maximum absolute atomic E-state index is 9.41. The van der Waals surface area contributed by atoms with Gasteiger partial charge in [0.2, 0.25) is 0 Å². The van der Waals surface area contributed by atoms with E-state index in [0.717, 1.165) is 0 Å². The minimum absolute atomic E-state index is 0.207. The van der Waals surface area contributed by atoms with Crippen molar-refractivity contribution in [3.63, 3.8) is 0 Å². The molecule has 0 aliphatic carbocycles. The van der Waals surface area contributed by atoms with Gasteiger partial charge in [0.25, 0.3) is 0 Å². The standard InChI is InChI=1S/C18H38O7/c1-14(2)6-22-10-18(11-23-7-15(3)19,12-24-8-16(4)20)13-25-9-17(5)21/h14-17,19-21H,6-13H2,1-5H3. The van der Waals surface area contributed by atoms with E-state index in [1.807, 2.05) is 0 Å². The van der Waals surface area contributed by atoms with E-state index in [9.17, 15) is 15.3 Å². The zero-order chi connectivity index (χ0) is 19.3. The van der Waals surface area contributed by atoms with Crippen molar-refractivity contribution in [3.05, 3.63) is 0 Å². The first kappa shape index (κ1) is 24.7. The first-order valence-corrected chi connectivity index (χ1v) is 9.02. The number of aliphatic hydroxyl groups is 3. The highest BCUT2D eigenvalue weighted by atomic mass is 16.5. The third-order valence-electron chi connectivity index (χ3n) is 3.16. The van der Waals surface area contributed by atoms with E-state index in [4.69, 9.17) is 18.9 Å². The van der Waals surface area contributed by atoms with Crippen LogP contribution in [-0.4, -0.2) is 86.5 Å². The zero-order valence-electron chi connectivity index (χ0n) is 16.4. The molecule has 7 heteroatoms. The van der Waals surface area contributed by atoms with Gasteiger partial charge in [-0.25, -0.2) is 0 Å². The summed E-state index contributed by atoms with van der Waals surface area (Å²) in [5.74, 6) is 0.396. The fourth-order valence-electron chi connectivity index (χ4n) is 2.10. The minimum atomic E-state index is -0.576. The first-order valence-electron chi connectivity index (χ1n) is 9.02. The van der Waals surface area contributed by atoms with Crippen LogP contribution in [0.2, 0.25) is 0 Å². The Hall–Kier alpha value is -0.280. The summed E-state index contributed by atoms with van der Waals surface area (Å²) in [6.07, 6.45) is -1.69. The molecule has 0 aliphatic heterocycles. The molecule has 7 nitrogen and oxygen atoms in total. The third-order valence-corrected chi connectivity index (χ3v) is 3.16. The highest BCUT2D eigenvalue weighted by molar-refractivity contribution is 4.80. The van der Waals surface area contributed by atoms with Crippen LogP contribution in [0.1, 0.15) is 34.6 Å². The number of rotatable bonds is 16. The summed E-state index contributed by atoms with van der Waals surface area (Å²) >= 11 is 0. The molecule has 3 unspecified atom stereocenters.